The Morgan fingerprint density at radius 2 is 2.24 bits per heavy atom. The van der Waals surface area contributed by atoms with Gasteiger partial charge in [0.2, 0.25) is 5.62 Å². The summed E-state index contributed by atoms with van der Waals surface area (Å²) in [6.07, 6.45) is -0.459. The van der Waals surface area contributed by atoms with Gasteiger partial charge in [-0.15, -0.1) is 11.6 Å². The number of ether oxygens (including phenoxy) is 1. The predicted octanol–water partition coefficient (Wildman–Crippen LogP) is -0.648. The van der Waals surface area contributed by atoms with Crippen LogP contribution in [0.25, 0.3) is 0 Å². The average Bonchev–Trinajstić information content (AvgIpc) is 2.68. The van der Waals surface area contributed by atoms with E-state index in [4.69, 9.17) is 21.5 Å². The molecule has 1 aliphatic rings. The van der Waals surface area contributed by atoms with Crippen LogP contribution >= 0.6 is 11.6 Å². The molecule has 1 aromatic rings. The molecule has 21 heavy (non-hydrogen) atoms. The first kappa shape index (κ1) is 16.0. The molecule has 1 aromatic heterocycles. The van der Waals surface area contributed by atoms with Crippen molar-refractivity contribution in [1.82, 2.24) is 9.55 Å². The molecular formula is C12H18ClN3O5. The molecule has 2 rings (SSSR count). The summed E-state index contributed by atoms with van der Waals surface area (Å²) in [6, 6.07) is 1.24. The summed E-state index contributed by atoms with van der Waals surface area (Å²) >= 11 is 5.85. The van der Waals surface area contributed by atoms with E-state index in [1.807, 2.05) is 0 Å². The fraction of sp³-hybridized carbons (Fsp3) is 0.667. The van der Waals surface area contributed by atoms with E-state index in [0.29, 0.717) is 0 Å². The molecule has 3 atom stereocenters. The van der Waals surface area contributed by atoms with Crippen LogP contribution in [-0.2, 0) is 4.74 Å². The fourth-order valence-corrected chi connectivity index (χ4v) is 2.93. The SMILES string of the molecule is CC1(C)[C@H](n2ccc(=O)[nH]/c2=N\O)O[C@@](CO)(CCl)[C@H]1O. The van der Waals surface area contributed by atoms with Crippen molar-refractivity contribution in [1.29, 1.82) is 0 Å². The number of rotatable bonds is 3. The highest BCUT2D eigenvalue weighted by Crippen LogP contribution is 2.49. The van der Waals surface area contributed by atoms with Crippen LogP contribution in [0.2, 0.25) is 0 Å². The van der Waals surface area contributed by atoms with Crippen LogP contribution in [0, 0.1) is 5.41 Å². The van der Waals surface area contributed by atoms with Crippen LogP contribution in [0.1, 0.15) is 20.1 Å². The maximum Gasteiger partial charge on any atom is 0.252 e. The molecule has 1 aliphatic heterocycles. The Balaban J connectivity index is 2.58. The van der Waals surface area contributed by atoms with Crippen LogP contribution in [0.5, 0.6) is 0 Å². The molecule has 0 spiro atoms. The maximum atomic E-state index is 11.3. The smallest absolute Gasteiger partial charge is 0.252 e. The number of aliphatic hydroxyl groups is 2. The molecule has 8 nitrogen and oxygen atoms in total. The first-order valence-corrected chi connectivity index (χ1v) is 6.88. The highest BCUT2D eigenvalue weighted by molar-refractivity contribution is 6.18. The lowest BCUT2D eigenvalue weighted by Crippen LogP contribution is -2.48. The molecule has 9 heteroatoms. The number of alkyl halides is 1. The minimum atomic E-state index is -1.33. The molecule has 118 valence electrons. The van der Waals surface area contributed by atoms with Crippen molar-refractivity contribution >= 4 is 11.6 Å². The quantitative estimate of drug-likeness (QED) is 0.335. The van der Waals surface area contributed by atoms with Crippen LogP contribution in [-0.4, -0.2) is 49.2 Å². The van der Waals surface area contributed by atoms with E-state index in [9.17, 15) is 15.0 Å². The third-order valence-corrected chi connectivity index (χ3v) is 4.35. The summed E-state index contributed by atoms with van der Waals surface area (Å²) in [5.74, 6) is -0.111. The second kappa shape index (κ2) is 5.45. The van der Waals surface area contributed by atoms with Crippen molar-refractivity contribution in [2.24, 2.45) is 10.6 Å². The van der Waals surface area contributed by atoms with Crippen LogP contribution in [0.15, 0.2) is 22.2 Å². The highest BCUT2D eigenvalue weighted by Gasteiger charge is 2.59. The number of aliphatic hydroxyl groups excluding tert-OH is 2. The van der Waals surface area contributed by atoms with Gasteiger partial charge in [-0.25, -0.2) is 0 Å². The summed E-state index contributed by atoms with van der Waals surface area (Å²) in [4.78, 5) is 13.6. The number of aromatic amines is 1. The lowest BCUT2D eigenvalue weighted by atomic mass is 9.80. The van der Waals surface area contributed by atoms with Gasteiger partial charge >= 0.3 is 0 Å². The predicted molar refractivity (Wildman–Crippen MR) is 72.8 cm³/mol. The zero-order valence-corrected chi connectivity index (χ0v) is 12.4. The maximum absolute atomic E-state index is 11.3. The summed E-state index contributed by atoms with van der Waals surface area (Å²) in [6.45, 7) is 2.99. The highest BCUT2D eigenvalue weighted by atomic mass is 35.5. The molecule has 0 bridgehead atoms. The largest absolute Gasteiger partial charge is 0.408 e. The van der Waals surface area contributed by atoms with Gasteiger partial charge in [-0.1, -0.05) is 19.0 Å². The molecule has 0 aliphatic carbocycles. The van der Waals surface area contributed by atoms with Gasteiger partial charge in [0.05, 0.1) is 18.6 Å². The molecule has 1 fully saturated rings. The Kier molecular flexibility index (Phi) is 4.16. The lowest BCUT2D eigenvalue weighted by molar-refractivity contribution is -0.116. The minimum absolute atomic E-state index is 0.111. The van der Waals surface area contributed by atoms with Crippen molar-refractivity contribution in [3.05, 3.63) is 28.2 Å². The topological polar surface area (TPSA) is 120 Å². The number of aromatic nitrogens is 2. The third-order valence-electron chi connectivity index (χ3n) is 3.89. The van der Waals surface area contributed by atoms with Gasteiger partial charge in [-0.3, -0.25) is 14.3 Å². The Hall–Kier alpha value is -1.35. The van der Waals surface area contributed by atoms with Gasteiger partial charge in [0.15, 0.2) is 0 Å². The van der Waals surface area contributed by atoms with E-state index in [2.05, 4.69) is 10.1 Å². The molecule has 0 amide bonds. The van der Waals surface area contributed by atoms with E-state index in [1.165, 1.54) is 16.8 Å². The number of halogens is 1. The van der Waals surface area contributed by atoms with Gasteiger partial charge < -0.3 is 20.2 Å². The fourth-order valence-electron chi connectivity index (χ4n) is 2.64. The van der Waals surface area contributed by atoms with E-state index in [0.717, 1.165) is 0 Å². The molecule has 0 saturated carbocycles. The third kappa shape index (κ3) is 2.38. The zero-order valence-electron chi connectivity index (χ0n) is 11.7. The van der Waals surface area contributed by atoms with Crippen LogP contribution in [0.3, 0.4) is 0 Å². The van der Waals surface area contributed by atoms with E-state index in [1.54, 1.807) is 13.8 Å². The van der Waals surface area contributed by atoms with Crippen molar-refractivity contribution in [2.75, 3.05) is 12.5 Å². The molecule has 1 saturated heterocycles. The zero-order chi connectivity index (χ0) is 15.8. The molecule has 4 N–H and O–H groups in total. The number of hydrogen-bond acceptors (Lipinski definition) is 6. The summed E-state index contributed by atoms with van der Waals surface area (Å²) < 4.78 is 7.15. The second-order valence-electron chi connectivity index (χ2n) is 5.69. The monoisotopic (exact) mass is 319 g/mol. The first-order valence-electron chi connectivity index (χ1n) is 6.34. The van der Waals surface area contributed by atoms with Gasteiger partial charge in [-0.2, -0.15) is 0 Å². The minimum Gasteiger partial charge on any atom is -0.408 e. The Morgan fingerprint density at radius 1 is 1.57 bits per heavy atom. The van der Waals surface area contributed by atoms with E-state index >= 15 is 0 Å². The number of nitrogens with one attached hydrogen (secondary N) is 1. The van der Waals surface area contributed by atoms with Gasteiger partial charge in [0, 0.05) is 17.7 Å². The first-order chi connectivity index (χ1) is 9.82. The Morgan fingerprint density at radius 3 is 2.71 bits per heavy atom. The van der Waals surface area contributed by atoms with Crippen molar-refractivity contribution in [3.63, 3.8) is 0 Å². The molecule has 0 unspecified atom stereocenters. The van der Waals surface area contributed by atoms with Crippen LogP contribution < -0.4 is 11.2 Å². The number of H-pyrrole nitrogens is 1. The Labute approximate surface area is 125 Å². The van der Waals surface area contributed by atoms with E-state index < -0.39 is 35.5 Å². The van der Waals surface area contributed by atoms with Crippen molar-refractivity contribution in [3.8, 4) is 0 Å². The van der Waals surface area contributed by atoms with Gasteiger partial charge in [0.25, 0.3) is 5.56 Å². The molecule has 0 aromatic carbocycles. The van der Waals surface area contributed by atoms with Gasteiger partial charge in [-0.05, 0) is 0 Å². The molecular weight excluding hydrogens is 302 g/mol. The lowest BCUT2D eigenvalue weighted by Gasteiger charge is -2.31. The summed E-state index contributed by atoms with van der Waals surface area (Å²) in [5.41, 5.74) is -2.75. The van der Waals surface area contributed by atoms with Crippen LogP contribution in [0.4, 0.5) is 0 Å². The Bertz CT molecular complexity index is 634. The number of nitrogens with zero attached hydrogens (tertiary/aromatic N) is 2. The average molecular weight is 320 g/mol. The normalized spacial score (nSPS) is 32.5. The van der Waals surface area contributed by atoms with Gasteiger partial charge in [0.1, 0.15) is 11.8 Å². The second-order valence-corrected chi connectivity index (χ2v) is 5.95. The molecule has 0 radical (unpaired) electrons. The summed E-state index contributed by atoms with van der Waals surface area (Å²) in [7, 11) is 0. The number of hydrogen-bond donors (Lipinski definition) is 4. The van der Waals surface area contributed by atoms with Crippen molar-refractivity contribution < 1.29 is 20.2 Å². The standard InChI is InChI=1S/C12H18ClN3O5/c1-11(2)8(19)12(5-13,6-17)21-9(11)16-4-3-7(18)14-10(16)15-20/h3-4,8-9,17,19-20H,5-6H2,1-2H3,(H,14,15,18)/t8-,9+,12+/m0/s1. The van der Waals surface area contributed by atoms with E-state index in [-0.39, 0.29) is 11.5 Å². The molecule has 2 heterocycles. The summed E-state index contributed by atoms with van der Waals surface area (Å²) in [5, 5.41) is 32.1. The van der Waals surface area contributed by atoms with Crippen molar-refractivity contribution in [2.45, 2.75) is 31.8 Å².